The Bertz CT molecular complexity index is 402. The van der Waals surface area contributed by atoms with E-state index in [1.54, 1.807) is 24.3 Å². The lowest BCUT2D eigenvalue weighted by Gasteiger charge is -2.22. The number of rotatable bonds is 7. The van der Waals surface area contributed by atoms with E-state index in [1.165, 1.54) is 7.11 Å². The molecule has 1 rings (SSSR count). The predicted molar refractivity (Wildman–Crippen MR) is 75.4 cm³/mol. The fourth-order valence-corrected chi connectivity index (χ4v) is 1.61. The first-order valence-corrected chi connectivity index (χ1v) is 5.93. The van der Waals surface area contributed by atoms with Crippen LogP contribution in [0.5, 0.6) is 0 Å². The number of nitrogens with zero attached hydrogens (tertiary/aromatic N) is 1. The van der Waals surface area contributed by atoms with Crippen molar-refractivity contribution < 1.29 is 18.3 Å². The van der Waals surface area contributed by atoms with Gasteiger partial charge in [0, 0.05) is 25.8 Å². The number of benzene rings is 1. The van der Waals surface area contributed by atoms with Gasteiger partial charge in [0.15, 0.2) is 0 Å². The highest BCUT2D eigenvalue weighted by Gasteiger charge is 2.19. The summed E-state index contributed by atoms with van der Waals surface area (Å²) >= 11 is 0. The van der Waals surface area contributed by atoms with Gasteiger partial charge in [-0.25, -0.2) is 8.78 Å². The number of hydrogen-bond acceptors (Lipinski definition) is 3. The summed E-state index contributed by atoms with van der Waals surface area (Å²) in [5.74, 6) is -0.430. The number of amides is 1. The second-order valence-electron chi connectivity index (χ2n) is 4.04. The van der Waals surface area contributed by atoms with Gasteiger partial charge in [-0.05, 0) is 17.7 Å². The van der Waals surface area contributed by atoms with Gasteiger partial charge in [-0.2, -0.15) is 0 Å². The van der Waals surface area contributed by atoms with E-state index in [2.05, 4.69) is 0 Å². The summed E-state index contributed by atoms with van der Waals surface area (Å²) in [5.41, 5.74) is 6.71. The van der Waals surface area contributed by atoms with Crippen LogP contribution in [-0.2, 0) is 11.3 Å². The number of carbonyl (C=O) groups excluding carboxylic acids is 1. The summed E-state index contributed by atoms with van der Waals surface area (Å²) in [4.78, 5) is 13.2. The van der Waals surface area contributed by atoms with E-state index in [-0.39, 0.29) is 25.6 Å². The maximum atomic E-state index is 12.5. The highest BCUT2D eigenvalue weighted by Crippen LogP contribution is 2.09. The predicted octanol–water partition coefficient (Wildman–Crippen LogP) is 1.92. The van der Waals surface area contributed by atoms with E-state index in [4.69, 9.17) is 10.5 Å². The van der Waals surface area contributed by atoms with E-state index in [9.17, 15) is 13.6 Å². The van der Waals surface area contributed by atoms with Crippen LogP contribution >= 0.6 is 12.4 Å². The van der Waals surface area contributed by atoms with Crippen molar-refractivity contribution in [2.75, 3.05) is 26.8 Å². The second-order valence-corrected chi connectivity index (χ2v) is 4.04. The normalized spacial score (nSPS) is 10.2. The minimum absolute atomic E-state index is 0. The Labute approximate surface area is 123 Å². The van der Waals surface area contributed by atoms with Crippen molar-refractivity contribution in [2.24, 2.45) is 5.73 Å². The van der Waals surface area contributed by atoms with Gasteiger partial charge in [-0.3, -0.25) is 4.79 Å². The first kappa shape index (κ1) is 18.8. The number of nitrogens with two attached hydrogens (primary N) is 1. The molecule has 4 nitrogen and oxygen atoms in total. The molecule has 0 saturated heterocycles. The molecule has 2 N–H and O–H groups in total. The van der Waals surface area contributed by atoms with E-state index in [0.29, 0.717) is 12.1 Å². The lowest BCUT2D eigenvalue weighted by Crippen LogP contribution is -2.37. The highest BCUT2D eigenvalue weighted by atomic mass is 35.5. The van der Waals surface area contributed by atoms with Crippen LogP contribution in [0.15, 0.2) is 24.3 Å². The van der Waals surface area contributed by atoms with Crippen molar-refractivity contribution in [3.05, 3.63) is 35.4 Å². The van der Waals surface area contributed by atoms with E-state index in [0.717, 1.165) is 10.5 Å². The number of alkyl halides is 2. The standard InChI is InChI=1S/C13H18F2N2O2.ClH/c1-19-7-6-17(9-12(14)15)13(18)11-4-2-10(8-16)3-5-11;/h2-5,12H,6-9,16H2,1H3;1H. The van der Waals surface area contributed by atoms with Crippen molar-refractivity contribution in [2.45, 2.75) is 13.0 Å². The monoisotopic (exact) mass is 308 g/mol. The lowest BCUT2D eigenvalue weighted by molar-refractivity contribution is 0.0478. The topological polar surface area (TPSA) is 55.6 Å². The summed E-state index contributed by atoms with van der Waals surface area (Å²) < 4.78 is 29.7. The Morgan fingerprint density at radius 2 is 1.95 bits per heavy atom. The van der Waals surface area contributed by atoms with Gasteiger partial charge in [0.05, 0.1) is 13.2 Å². The van der Waals surface area contributed by atoms with Gasteiger partial charge in [-0.15, -0.1) is 12.4 Å². The molecule has 0 radical (unpaired) electrons. The van der Waals surface area contributed by atoms with Crippen molar-refractivity contribution in [1.82, 2.24) is 4.90 Å². The first-order chi connectivity index (χ1) is 9.08. The molecule has 0 atom stereocenters. The fourth-order valence-electron chi connectivity index (χ4n) is 1.61. The van der Waals surface area contributed by atoms with Crippen molar-refractivity contribution >= 4 is 18.3 Å². The molecule has 0 aliphatic heterocycles. The van der Waals surface area contributed by atoms with E-state index in [1.807, 2.05) is 0 Å². The molecule has 0 bridgehead atoms. The average molecular weight is 309 g/mol. The number of carbonyl (C=O) groups is 1. The van der Waals surface area contributed by atoms with Gasteiger partial charge in [0.1, 0.15) is 0 Å². The van der Waals surface area contributed by atoms with Gasteiger partial charge in [-0.1, -0.05) is 12.1 Å². The molecule has 0 unspecified atom stereocenters. The SMILES string of the molecule is COCCN(CC(F)F)C(=O)c1ccc(CN)cc1.Cl. The summed E-state index contributed by atoms with van der Waals surface area (Å²) in [5, 5.41) is 0. The summed E-state index contributed by atoms with van der Waals surface area (Å²) in [6, 6.07) is 6.61. The summed E-state index contributed by atoms with van der Waals surface area (Å²) in [6.07, 6.45) is -2.57. The molecule has 0 aliphatic rings. The zero-order valence-corrected chi connectivity index (χ0v) is 12.0. The number of methoxy groups -OCH3 is 1. The first-order valence-electron chi connectivity index (χ1n) is 5.93. The van der Waals surface area contributed by atoms with Crippen LogP contribution in [0.4, 0.5) is 8.78 Å². The maximum absolute atomic E-state index is 12.5. The molecule has 20 heavy (non-hydrogen) atoms. The van der Waals surface area contributed by atoms with E-state index >= 15 is 0 Å². The molecule has 0 heterocycles. The molecule has 1 amide bonds. The maximum Gasteiger partial charge on any atom is 0.255 e. The van der Waals surface area contributed by atoms with Gasteiger partial charge < -0.3 is 15.4 Å². The van der Waals surface area contributed by atoms with Crippen LogP contribution in [0.1, 0.15) is 15.9 Å². The molecule has 0 saturated carbocycles. The van der Waals surface area contributed by atoms with Crippen LogP contribution < -0.4 is 5.73 Å². The molecule has 1 aromatic carbocycles. The Morgan fingerprint density at radius 3 is 2.40 bits per heavy atom. The highest BCUT2D eigenvalue weighted by molar-refractivity contribution is 5.94. The van der Waals surface area contributed by atoms with Crippen LogP contribution in [0, 0.1) is 0 Å². The molecule has 7 heteroatoms. The lowest BCUT2D eigenvalue weighted by atomic mass is 10.1. The summed E-state index contributed by atoms with van der Waals surface area (Å²) in [7, 11) is 1.46. The fraction of sp³-hybridized carbons (Fsp3) is 0.462. The number of ether oxygens (including phenoxy) is 1. The Morgan fingerprint density at radius 1 is 1.35 bits per heavy atom. The molecule has 114 valence electrons. The third-order valence-corrected chi connectivity index (χ3v) is 2.65. The minimum atomic E-state index is -2.57. The van der Waals surface area contributed by atoms with E-state index < -0.39 is 18.9 Å². The minimum Gasteiger partial charge on any atom is -0.383 e. The van der Waals surface area contributed by atoms with Gasteiger partial charge >= 0.3 is 0 Å². The van der Waals surface area contributed by atoms with Crippen molar-refractivity contribution in [3.63, 3.8) is 0 Å². The van der Waals surface area contributed by atoms with Crippen LogP contribution in [0.2, 0.25) is 0 Å². The van der Waals surface area contributed by atoms with Gasteiger partial charge in [0.2, 0.25) is 0 Å². The summed E-state index contributed by atoms with van der Waals surface area (Å²) in [6.45, 7) is 0.136. The smallest absolute Gasteiger partial charge is 0.255 e. The zero-order chi connectivity index (χ0) is 14.3. The third-order valence-electron chi connectivity index (χ3n) is 2.65. The Kier molecular flexibility index (Phi) is 9.03. The quantitative estimate of drug-likeness (QED) is 0.837. The Balaban J connectivity index is 0.00000361. The molecule has 1 aromatic rings. The number of halogens is 3. The molecule has 0 aliphatic carbocycles. The van der Waals surface area contributed by atoms with Crippen molar-refractivity contribution in [1.29, 1.82) is 0 Å². The second kappa shape index (κ2) is 9.63. The number of hydrogen-bond donors (Lipinski definition) is 1. The molecule has 0 aromatic heterocycles. The van der Waals surface area contributed by atoms with Crippen molar-refractivity contribution in [3.8, 4) is 0 Å². The molecule has 0 spiro atoms. The molecular weight excluding hydrogens is 290 g/mol. The molecule has 0 fully saturated rings. The third kappa shape index (κ3) is 5.81. The molecular formula is C13H19ClF2N2O2. The van der Waals surface area contributed by atoms with Crippen LogP contribution in [0.3, 0.4) is 0 Å². The van der Waals surface area contributed by atoms with Crippen LogP contribution in [-0.4, -0.2) is 44.0 Å². The van der Waals surface area contributed by atoms with Crippen LogP contribution in [0.25, 0.3) is 0 Å². The van der Waals surface area contributed by atoms with Gasteiger partial charge in [0.25, 0.3) is 12.3 Å². The Hall–Kier alpha value is -1.24. The zero-order valence-electron chi connectivity index (χ0n) is 11.2. The average Bonchev–Trinajstić information content (AvgIpc) is 2.42. The largest absolute Gasteiger partial charge is 0.383 e.